The second kappa shape index (κ2) is 8.43. The molecule has 114 valence electrons. The Morgan fingerprint density at radius 3 is 2.55 bits per heavy atom. The quantitative estimate of drug-likeness (QED) is 0.733. The zero-order chi connectivity index (χ0) is 15.0. The number of benzene rings is 1. The summed E-state index contributed by atoms with van der Waals surface area (Å²) < 4.78 is 6.08. The molecule has 20 heavy (non-hydrogen) atoms. The Bertz CT molecular complexity index is 391. The van der Waals surface area contributed by atoms with E-state index in [4.69, 9.17) is 4.74 Å². The fraction of sp³-hybridized carbons (Fsp3) is 0.667. The largest absolute Gasteiger partial charge is 0.374 e. The smallest absolute Gasteiger partial charge is 0.0807 e. The number of hydrogen-bond donors (Lipinski definition) is 1. The van der Waals surface area contributed by atoms with E-state index in [1.54, 1.807) is 0 Å². The van der Waals surface area contributed by atoms with Crippen molar-refractivity contribution in [3.05, 3.63) is 35.4 Å². The van der Waals surface area contributed by atoms with E-state index in [1.807, 2.05) is 0 Å². The summed E-state index contributed by atoms with van der Waals surface area (Å²) in [6.07, 6.45) is 3.19. The van der Waals surface area contributed by atoms with Crippen molar-refractivity contribution in [2.45, 2.75) is 65.5 Å². The minimum absolute atomic E-state index is 0.104. The summed E-state index contributed by atoms with van der Waals surface area (Å²) in [5, 5.41) is 3.69. The SMILES string of the molecule is CCCNC(Cc1cccc(C)c1)C(C)(CC)OCC. The van der Waals surface area contributed by atoms with Gasteiger partial charge in [0.2, 0.25) is 0 Å². The van der Waals surface area contributed by atoms with Crippen LogP contribution in [0.15, 0.2) is 24.3 Å². The highest BCUT2D eigenvalue weighted by Gasteiger charge is 2.32. The highest BCUT2D eigenvalue weighted by molar-refractivity contribution is 5.23. The third-order valence-corrected chi connectivity index (χ3v) is 4.08. The molecule has 0 aliphatic heterocycles. The first-order chi connectivity index (χ1) is 9.55. The lowest BCUT2D eigenvalue weighted by Crippen LogP contribution is -2.51. The van der Waals surface area contributed by atoms with E-state index in [9.17, 15) is 0 Å². The Kier molecular flexibility index (Phi) is 7.25. The van der Waals surface area contributed by atoms with Crippen molar-refractivity contribution in [2.75, 3.05) is 13.2 Å². The highest BCUT2D eigenvalue weighted by Crippen LogP contribution is 2.23. The molecule has 2 unspecified atom stereocenters. The number of ether oxygens (including phenoxy) is 1. The Hall–Kier alpha value is -0.860. The molecule has 1 rings (SSSR count). The molecule has 0 bridgehead atoms. The third-order valence-electron chi connectivity index (χ3n) is 4.08. The molecule has 0 aromatic heterocycles. The van der Waals surface area contributed by atoms with Crippen LogP contribution >= 0.6 is 0 Å². The van der Waals surface area contributed by atoms with Crippen molar-refractivity contribution in [3.63, 3.8) is 0 Å². The van der Waals surface area contributed by atoms with Crippen LogP contribution in [0.25, 0.3) is 0 Å². The molecule has 0 spiro atoms. The maximum absolute atomic E-state index is 6.08. The molecule has 0 amide bonds. The van der Waals surface area contributed by atoms with Crippen LogP contribution in [0.3, 0.4) is 0 Å². The van der Waals surface area contributed by atoms with E-state index in [1.165, 1.54) is 11.1 Å². The van der Waals surface area contributed by atoms with Crippen molar-refractivity contribution in [3.8, 4) is 0 Å². The van der Waals surface area contributed by atoms with E-state index < -0.39 is 0 Å². The van der Waals surface area contributed by atoms with Crippen LogP contribution in [0.5, 0.6) is 0 Å². The maximum atomic E-state index is 6.08. The molecule has 2 heteroatoms. The minimum atomic E-state index is -0.104. The van der Waals surface area contributed by atoms with E-state index in [0.717, 1.165) is 32.4 Å². The van der Waals surface area contributed by atoms with E-state index in [2.05, 4.69) is 64.2 Å². The lowest BCUT2D eigenvalue weighted by molar-refractivity contribution is -0.0549. The number of rotatable bonds is 9. The normalized spacial score (nSPS) is 15.8. The van der Waals surface area contributed by atoms with Gasteiger partial charge in [0.25, 0.3) is 0 Å². The lowest BCUT2D eigenvalue weighted by atomic mass is 9.87. The molecule has 0 fully saturated rings. The van der Waals surface area contributed by atoms with Crippen LogP contribution in [-0.4, -0.2) is 24.8 Å². The molecule has 0 radical (unpaired) electrons. The molecule has 2 atom stereocenters. The van der Waals surface area contributed by atoms with E-state index >= 15 is 0 Å². The van der Waals surface area contributed by atoms with Gasteiger partial charge in [-0.25, -0.2) is 0 Å². The average molecular weight is 277 g/mol. The predicted molar refractivity (Wildman–Crippen MR) is 87.3 cm³/mol. The summed E-state index contributed by atoms with van der Waals surface area (Å²) in [6, 6.07) is 9.15. The minimum Gasteiger partial charge on any atom is -0.374 e. The van der Waals surface area contributed by atoms with Crippen LogP contribution in [0.4, 0.5) is 0 Å². The molecule has 0 saturated carbocycles. The van der Waals surface area contributed by atoms with Gasteiger partial charge >= 0.3 is 0 Å². The molecule has 0 saturated heterocycles. The van der Waals surface area contributed by atoms with Crippen molar-refractivity contribution in [1.82, 2.24) is 5.32 Å². The Morgan fingerprint density at radius 1 is 1.25 bits per heavy atom. The summed E-state index contributed by atoms with van der Waals surface area (Å²) in [5.74, 6) is 0. The van der Waals surface area contributed by atoms with Crippen LogP contribution in [0.1, 0.15) is 51.7 Å². The van der Waals surface area contributed by atoms with Crippen LogP contribution in [-0.2, 0) is 11.2 Å². The fourth-order valence-electron chi connectivity index (χ4n) is 2.68. The summed E-state index contributed by atoms with van der Waals surface area (Å²) in [5.41, 5.74) is 2.61. The summed E-state index contributed by atoms with van der Waals surface area (Å²) in [4.78, 5) is 0. The number of hydrogen-bond acceptors (Lipinski definition) is 2. The van der Waals surface area contributed by atoms with Gasteiger partial charge in [-0.15, -0.1) is 0 Å². The van der Waals surface area contributed by atoms with Gasteiger partial charge in [0.15, 0.2) is 0 Å². The standard InChI is InChI=1S/C18H31NO/c1-6-12-19-17(18(5,7-2)20-8-3)14-16-11-9-10-15(4)13-16/h9-11,13,17,19H,6-8,12,14H2,1-5H3. The van der Waals surface area contributed by atoms with Crippen LogP contribution in [0, 0.1) is 6.92 Å². The first-order valence-corrected chi connectivity index (χ1v) is 7.98. The average Bonchev–Trinajstić information content (AvgIpc) is 2.43. The summed E-state index contributed by atoms with van der Waals surface area (Å²) >= 11 is 0. The van der Waals surface area contributed by atoms with Crippen molar-refractivity contribution < 1.29 is 4.74 Å². The van der Waals surface area contributed by atoms with Crippen molar-refractivity contribution in [1.29, 1.82) is 0 Å². The monoisotopic (exact) mass is 277 g/mol. The van der Waals surface area contributed by atoms with E-state index in [-0.39, 0.29) is 5.60 Å². The molecule has 1 N–H and O–H groups in total. The Balaban J connectivity index is 2.87. The second-order valence-corrected chi connectivity index (χ2v) is 5.80. The van der Waals surface area contributed by atoms with Gasteiger partial charge in [-0.2, -0.15) is 0 Å². The molecule has 0 heterocycles. The van der Waals surface area contributed by atoms with Gasteiger partial charge in [0, 0.05) is 12.6 Å². The Morgan fingerprint density at radius 2 is 2.00 bits per heavy atom. The third kappa shape index (κ3) is 4.92. The number of nitrogens with one attached hydrogen (secondary N) is 1. The molecular formula is C18H31NO. The molecule has 0 aliphatic carbocycles. The summed E-state index contributed by atoms with van der Waals surface area (Å²) in [7, 11) is 0. The van der Waals surface area contributed by atoms with Gasteiger partial charge in [-0.3, -0.25) is 0 Å². The van der Waals surface area contributed by atoms with Gasteiger partial charge < -0.3 is 10.1 Å². The van der Waals surface area contributed by atoms with Gasteiger partial charge in [-0.05, 0) is 52.1 Å². The molecule has 1 aromatic rings. The first-order valence-electron chi connectivity index (χ1n) is 7.98. The van der Waals surface area contributed by atoms with Crippen LogP contribution in [0.2, 0.25) is 0 Å². The predicted octanol–water partition coefficient (Wildman–Crippen LogP) is 4.11. The molecule has 0 aliphatic rings. The van der Waals surface area contributed by atoms with E-state index in [0.29, 0.717) is 6.04 Å². The zero-order valence-electron chi connectivity index (χ0n) is 13.8. The molecule has 1 aromatic carbocycles. The van der Waals surface area contributed by atoms with Gasteiger partial charge in [0.05, 0.1) is 5.60 Å². The van der Waals surface area contributed by atoms with Crippen molar-refractivity contribution in [2.24, 2.45) is 0 Å². The molecule has 2 nitrogen and oxygen atoms in total. The second-order valence-electron chi connectivity index (χ2n) is 5.80. The van der Waals surface area contributed by atoms with Gasteiger partial charge in [0.1, 0.15) is 0 Å². The topological polar surface area (TPSA) is 21.3 Å². The number of aryl methyl sites for hydroxylation is 1. The maximum Gasteiger partial charge on any atom is 0.0807 e. The van der Waals surface area contributed by atoms with Gasteiger partial charge in [-0.1, -0.05) is 43.7 Å². The first kappa shape index (κ1) is 17.2. The van der Waals surface area contributed by atoms with Crippen molar-refractivity contribution >= 4 is 0 Å². The fourth-order valence-corrected chi connectivity index (χ4v) is 2.68. The Labute approximate surface area is 124 Å². The van der Waals surface area contributed by atoms with Crippen LogP contribution < -0.4 is 5.32 Å². The lowest BCUT2D eigenvalue weighted by Gasteiger charge is -2.37. The molecular weight excluding hydrogens is 246 g/mol. The zero-order valence-corrected chi connectivity index (χ0v) is 13.8. The highest BCUT2D eigenvalue weighted by atomic mass is 16.5. The summed E-state index contributed by atoms with van der Waals surface area (Å²) in [6.45, 7) is 12.7.